The highest BCUT2D eigenvalue weighted by Crippen LogP contribution is 2.42. The van der Waals surface area contributed by atoms with Crippen LogP contribution in [0.25, 0.3) is 10.2 Å². The molecule has 20 heavy (non-hydrogen) atoms. The van der Waals surface area contributed by atoms with Crippen molar-refractivity contribution >= 4 is 33.1 Å². The molecule has 0 bridgehead atoms. The van der Waals surface area contributed by atoms with E-state index in [4.69, 9.17) is 1.37 Å². The third-order valence-corrected chi connectivity index (χ3v) is 5.05. The van der Waals surface area contributed by atoms with Gasteiger partial charge in [-0.1, -0.05) is 6.58 Å². The molecule has 0 saturated carbocycles. The van der Waals surface area contributed by atoms with Crippen LogP contribution in [0.3, 0.4) is 0 Å². The number of hydrogen-bond acceptors (Lipinski definition) is 4. The van der Waals surface area contributed by atoms with Gasteiger partial charge in [-0.15, -0.1) is 11.3 Å². The van der Waals surface area contributed by atoms with Crippen LogP contribution in [0.4, 0.5) is 5.69 Å². The first-order valence-corrected chi connectivity index (χ1v) is 7.53. The van der Waals surface area contributed by atoms with Crippen molar-refractivity contribution in [3.05, 3.63) is 36.0 Å². The summed E-state index contributed by atoms with van der Waals surface area (Å²) in [5, 5.41) is 2.85. The second-order valence-electron chi connectivity index (χ2n) is 5.61. The Morgan fingerprint density at radius 3 is 3.30 bits per heavy atom. The van der Waals surface area contributed by atoms with E-state index in [0.717, 1.165) is 41.0 Å². The summed E-state index contributed by atoms with van der Waals surface area (Å²) in [6.45, 7) is 5.40. The van der Waals surface area contributed by atoms with Crippen LogP contribution in [-0.4, -0.2) is 24.0 Å². The Labute approximate surface area is 122 Å². The molecular weight excluding hydrogens is 270 g/mol. The van der Waals surface area contributed by atoms with Crippen LogP contribution < -0.4 is 10.2 Å². The summed E-state index contributed by atoms with van der Waals surface area (Å²) in [4.78, 5) is 18.7. The number of thiazole rings is 1. The van der Waals surface area contributed by atoms with E-state index in [1.165, 1.54) is 11.3 Å². The minimum Gasteiger partial charge on any atom is -0.370 e. The molecule has 2 aliphatic rings. The lowest BCUT2D eigenvalue weighted by Crippen LogP contribution is -2.34. The van der Waals surface area contributed by atoms with Crippen LogP contribution in [0.5, 0.6) is 0 Å². The maximum Gasteiger partial charge on any atom is 0.232 e. The average Bonchev–Trinajstić information content (AvgIpc) is 3.10. The van der Waals surface area contributed by atoms with Gasteiger partial charge in [0, 0.05) is 30.9 Å². The van der Waals surface area contributed by atoms with Crippen molar-refractivity contribution < 1.29 is 6.17 Å². The van der Waals surface area contributed by atoms with Gasteiger partial charge < -0.3 is 10.2 Å². The molecule has 1 unspecified atom stereocenters. The molecule has 1 aromatic heterocycles. The molecule has 5 heteroatoms. The van der Waals surface area contributed by atoms with Crippen LogP contribution in [0.2, 0.25) is 0 Å². The molecular formula is C15H15N3OS. The second kappa shape index (κ2) is 4.06. The number of nitrogens with zero attached hydrogens (tertiary/aromatic N) is 2. The first-order valence-electron chi connectivity index (χ1n) is 7.15. The minimum atomic E-state index is -0.337. The Hall–Kier alpha value is -1.88. The molecule has 3 heterocycles. The van der Waals surface area contributed by atoms with Crippen molar-refractivity contribution in [2.45, 2.75) is 12.8 Å². The number of carbonyl (C=O) groups excluding carboxylic acids is 1. The van der Waals surface area contributed by atoms with E-state index in [-0.39, 0.29) is 11.3 Å². The molecule has 1 aromatic carbocycles. The molecule has 2 fully saturated rings. The van der Waals surface area contributed by atoms with Crippen LogP contribution in [0.15, 0.2) is 36.0 Å². The average molecular weight is 287 g/mol. The molecule has 1 spiro atoms. The summed E-state index contributed by atoms with van der Waals surface area (Å²) in [7, 11) is 0. The van der Waals surface area contributed by atoms with E-state index in [0.29, 0.717) is 12.6 Å². The molecule has 2 aliphatic heterocycles. The summed E-state index contributed by atoms with van der Waals surface area (Å²) >= 11 is 1.49. The maximum atomic E-state index is 12.2. The molecule has 0 radical (unpaired) electrons. The lowest BCUT2D eigenvalue weighted by atomic mass is 9.85. The topological polar surface area (TPSA) is 45.2 Å². The third-order valence-electron chi connectivity index (χ3n) is 4.27. The standard InChI is InChI=1S/C15H15N3OS/c1-10-7-15(14(19)17-10)4-5-18(8-15)11-2-3-13-12(6-11)16-9-20-13/h2-3,6,9H,1,4-5,7-8H2,(H,17,19)/i3T. The summed E-state index contributed by atoms with van der Waals surface area (Å²) in [6.07, 6.45) is 1.55. The van der Waals surface area contributed by atoms with Gasteiger partial charge in [0.2, 0.25) is 5.91 Å². The van der Waals surface area contributed by atoms with Crippen molar-refractivity contribution in [1.29, 1.82) is 0 Å². The lowest BCUT2D eigenvalue weighted by Gasteiger charge is -2.22. The summed E-state index contributed by atoms with van der Waals surface area (Å²) in [6, 6.07) is 4.40. The molecule has 2 aromatic rings. The van der Waals surface area contributed by atoms with E-state index in [1.54, 1.807) is 5.51 Å². The molecule has 4 rings (SSSR count). The van der Waals surface area contributed by atoms with Gasteiger partial charge >= 0.3 is 0 Å². The van der Waals surface area contributed by atoms with Gasteiger partial charge in [0.15, 0.2) is 0 Å². The zero-order valence-corrected chi connectivity index (χ0v) is 11.8. The molecule has 1 amide bonds. The van der Waals surface area contributed by atoms with Gasteiger partial charge in [-0.2, -0.15) is 0 Å². The maximum absolute atomic E-state index is 12.2. The van der Waals surface area contributed by atoms with E-state index >= 15 is 0 Å². The van der Waals surface area contributed by atoms with Crippen molar-refractivity contribution in [3.63, 3.8) is 0 Å². The number of hydrogen-bond donors (Lipinski definition) is 1. The van der Waals surface area contributed by atoms with Crippen molar-refractivity contribution in [2.24, 2.45) is 5.41 Å². The highest BCUT2D eigenvalue weighted by molar-refractivity contribution is 7.16. The van der Waals surface area contributed by atoms with Gasteiger partial charge in [0.05, 0.1) is 22.5 Å². The number of amides is 1. The molecule has 4 nitrogen and oxygen atoms in total. The zero-order chi connectivity index (χ0) is 14.6. The monoisotopic (exact) mass is 287 g/mol. The number of nitrogens with one attached hydrogen (secondary N) is 1. The van der Waals surface area contributed by atoms with Gasteiger partial charge in [0.1, 0.15) is 0 Å². The largest absolute Gasteiger partial charge is 0.370 e. The fourth-order valence-electron chi connectivity index (χ4n) is 3.22. The van der Waals surface area contributed by atoms with E-state index in [2.05, 4.69) is 21.8 Å². The highest BCUT2D eigenvalue weighted by atomic mass is 32.1. The van der Waals surface area contributed by atoms with Crippen molar-refractivity contribution in [2.75, 3.05) is 18.0 Å². The number of aromatic nitrogens is 1. The van der Waals surface area contributed by atoms with Gasteiger partial charge in [-0.05, 0) is 24.6 Å². The molecule has 1 N–H and O–H groups in total. The normalized spacial score (nSPS) is 26.6. The van der Waals surface area contributed by atoms with E-state index < -0.39 is 0 Å². The zero-order valence-electron chi connectivity index (χ0n) is 12.0. The molecule has 2 saturated heterocycles. The summed E-state index contributed by atoms with van der Waals surface area (Å²) < 4.78 is 9.02. The Morgan fingerprint density at radius 1 is 1.60 bits per heavy atom. The molecule has 0 aliphatic carbocycles. The van der Waals surface area contributed by atoms with Gasteiger partial charge in [-0.25, -0.2) is 4.98 Å². The Bertz CT molecular complexity index is 771. The Morgan fingerprint density at radius 2 is 2.50 bits per heavy atom. The van der Waals surface area contributed by atoms with Crippen LogP contribution in [0, 0.1) is 5.41 Å². The predicted octanol–water partition coefficient (Wildman–Crippen LogP) is 2.53. The first-order chi connectivity index (χ1) is 10.1. The molecule has 1 atom stereocenters. The fourth-order valence-corrected chi connectivity index (χ4v) is 3.85. The smallest absolute Gasteiger partial charge is 0.232 e. The summed E-state index contributed by atoms with van der Waals surface area (Å²) in [5.41, 5.74) is 4.10. The predicted molar refractivity (Wildman–Crippen MR) is 80.8 cm³/mol. The Balaban J connectivity index is 1.68. The number of fused-ring (bicyclic) bond motifs is 1. The summed E-state index contributed by atoms with van der Waals surface area (Å²) in [5.74, 6) is 0.0934. The number of anilines is 1. The van der Waals surface area contributed by atoms with Crippen LogP contribution >= 0.6 is 11.3 Å². The third kappa shape index (κ3) is 1.66. The van der Waals surface area contributed by atoms with Gasteiger partial charge in [-0.3, -0.25) is 4.79 Å². The SMILES string of the molecule is [3H]c1cc(N2CCC3(CC(=C)NC3=O)C2)cc2ncsc12. The number of benzene rings is 1. The Kier molecular flexibility index (Phi) is 2.20. The highest BCUT2D eigenvalue weighted by Gasteiger charge is 2.48. The molecule has 102 valence electrons. The van der Waals surface area contributed by atoms with E-state index in [1.807, 2.05) is 12.1 Å². The first kappa shape index (κ1) is 10.9. The number of allylic oxidation sites excluding steroid dienone is 1. The number of carbonyl (C=O) groups is 1. The van der Waals surface area contributed by atoms with Crippen LogP contribution in [-0.2, 0) is 4.79 Å². The van der Waals surface area contributed by atoms with Crippen molar-refractivity contribution in [3.8, 4) is 0 Å². The van der Waals surface area contributed by atoms with E-state index in [9.17, 15) is 4.79 Å². The fraction of sp³-hybridized carbons (Fsp3) is 0.333. The van der Waals surface area contributed by atoms with Gasteiger partial charge in [0.25, 0.3) is 0 Å². The quantitative estimate of drug-likeness (QED) is 0.876. The van der Waals surface area contributed by atoms with Crippen LogP contribution in [0.1, 0.15) is 14.2 Å². The second-order valence-corrected chi connectivity index (χ2v) is 6.47. The minimum absolute atomic E-state index is 0.0934. The number of rotatable bonds is 1. The lowest BCUT2D eigenvalue weighted by molar-refractivity contribution is -0.126. The van der Waals surface area contributed by atoms with Crippen molar-refractivity contribution in [1.82, 2.24) is 10.3 Å².